The maximum absolute atomic E-state index is 13.0. The minimum absolute atomic E-state index is 0.0506. The number of rotatable bonds is 3. The number of aryl methyl sites for hydroxylation is 2. The van der Waals surface area contributed by atoms with Gasteiger partial charge in [-0.3, -0.25) is 9.78 Å². The van der Waals surface area contributed by atoms with Crippen molar-refractivity contribution in [3.05, 3.63) is 41.0 Å². The summed E-state index contributed by atoms with van der Waals surface area (Å²) in [6.45, 7) is 3.07. The first-order chi connectivity index (χ1) is 11.8. The molecule has 7 heteroatoms. The molecule has 3 aromatic heterocycles. The molecule has 0 radical (unpaired) electrons. The van der Waals surface area contributed by atoms with Gasteiger partial charge in [0, 0.05) is 27.7 Å². The zero-order chi connectivity index (χ0) is 17.8. The van der Waals surface area contributed by atoms with E-state index >= 15 is 0 Å². The Kier molecular flexibility index (Phi) is 3.64. The topological polar surface area (TPSA) is 38.1 Å². The molecule has 1 aliphatic heterocycles. The highest BCUT2D eigenvalue weighted by Gasteiger charge is 2.46. The van der Waals surface area contributed by atoms with E-state index < -0.39 is 19.0 Å². The summed E-state index contributed by atoms with van der Waals surface area (Å²) in [4.78, 5) is 20.3. The molecule has 1 saturated heterocycles. The number of amides is 1. The van der Waals surface area contributed by atoms with Crippen LogP contribution in [0.3, 0.4) is 0 Å². The first kappa shape index (κ1) is 16.2. The zero-order valence-electron chi connectivity index (χ0n) is 13.9. The predicted molar refractivity (Wildman–Crippen MR) is 94.0 cm³/mol. The van der Waals surface area contributed by atoms with Gasteiger partial charge in [0.2, 0.25) is 5.91 Å². The van der Waals surface area contributed by atoms with Crippen molar-refractivity contribution in [1.29, 1.82) is 0 Å². The number of pyridine rings is 1. The molecule has 0 bridgehead atoms. The van der Waals surface area contributed by atoms with Gasteiger partial charge in [-0.15, -0.1) is 11.3 Å². The summed E-state index contributed by atoms with van der Waals surface area (Å²) < 4.78 is 27.8. The molecule has 4 nitrogen and oxygen atoms in total. The second-order valence-electron chi connectivity index (χ2n) is 6.55. The Hall–Kier alpha value is -2.28. The molecule has 0 atom stereocenters. The lowest BCUT2D eigenvalue weighted by atomic mass is 10.1. The van der Waals surface area contributed by atoms with E-state index in [4.69, 9.17) is 0 Å². The number of carbonyl (C=O) groups is 1. The van der Waals surface area contributed by atoms with Crippen LogP contribution in [0.25, 0.3) is 21.5 Å². The van der Waals surface area contributed by atoms with Crippen molar-refractivity contribution < 1.29 is 13.6 Å². The fourth-order valence-corrected chi connectivity index (χ4v) is 3.98. The Labute approximate surface area is 147 Å². The lowest BCUT2D eigenvalue weighted by Crippen LogP contribution is -2.59. The van der Waals surface area contributed by atoms with Gasteiger partial charge in [0.25, 0.3) is 5.92 Å². The fraction of sp³-hybridized carbons (Fsp3) is 0.333. The van der Waals surface area contributed by atoms with Crippen LogP contribution in [-0.2, 0) is 11.3 Å². The number of fused-ring (bicyclic) bond motifs is 1. The van der Waals surface area contributed by atoms with Crippen LogP contribution < -0.4 is 0 Å². The van der Waals surface area contributed by atoms with E-state index in [1.165, 1.54) is 9.78 Å². The van der Waals surface area contributed by atoms with Crippen LogP contribution in [0.2, 0.25) is 0 Å². The van der Waals surface area contributed by atoms with Gasteiger partial charge in [0.05, 0.1) is 24.1 Å². The van der Waals surface area contributed by atoms with E-state index in [9.17, 15) is 13.6 Å². The maximum Gasteiger partial charge on any atom is 0.282 e. The van der Waals surface area contributed by atoms with Crippen molar-refractivity contribution in [2.75, 3.05) is 13.1 Å². The maximum atomic E-state index is 13.0. The lowest BCUT2D eigenvalue weighted by Gasteiger charge is -2.38. The van der Waals surface area contributed by atoms with Crippen molar-refractivity contribution in [3.63, 3.8) is 0 Å². The van der Waals surface area contributed by atoms with Crippen molar-refractivity contribution in [2.45, 2.75) is 26.3 Å². The Morgan fingerprint density at radius 1 is 1.32 bits per heavy atom. The third-order valence-corrected chi connectivity index (χ3v) is 5.48. The summed E-state index contributed by atoms with van der Waals surface area (Å²) in [5.74, 6) is -3.03. The number of carbonyl (C=O) groups excluding carboxylic acids is 1. The molecule has 0 aliphatic carbocycles. The van der Waals surface area contributed by atoms with Gasteiger partial charge in [-0.25, -0.2) is 8.78 Å². The monoisotopic (exact) mass is 361 g/mol. The Balaban J connectivity index is 1.65. The first-order valence-electron chi connectivity index (χ1n) is 8.00. The molecular formula is C18H17F2N3OS. The average molecular weight is 361 g/mol. The second kappa shape index (κ2) is 5.62. The number of hydrogen-bond acceptors (Lipinski definition) is 3. The minimum Gasteiger partial charge on any atom is -0.336 e. The number of hydrogen-bond donors (Lipinski definition) is 0. The molecule has 0 aromatic carbocycles. The molecule has 1 aliphatic rings. The molecule has 1 amide bonds. The largest absolute Gasteiger partial charge is 0.336 e. The third kappa shape index (κ3) is 2.93. The van der Waals surface area contributed by atoms with Crippen molar-refractivity contribution in [1.82, 2.24) is 14.5 Å². The van der Waals surface area contributed by atoms with Gasteiger partial charge < -0.3 is 9.47 Å². The van der Waals surface area contributed by atoms with E-state index in [1.54, 1.807) is 15.9 Å². The molecule has 1 fully saturated rings. The summed E-state index contributed by atoms with van der Waals surface area (Å²) in [6, 6.07) is 6.12. The van der Waals surface area contributed by atoms with Crippen LogP contribution in [0.15, 0.2) is 30.6 Å². The Bertz CT molecular complexity index is 968. The third-order valence-electron chi connectivity index (χ3n) is 4.43. The number of nitrogens with zero attached hydrogens (tertiary/aromatic N) is 3. The molecule has 0 unspecified atom stereocenters. The van der Waals surface area contributed by atoms with Gasteiger partial charge in [-0.1, -0.05) is 0 Å². The summed E-state index contributed by atoms with van der Waals surface area (Å²) in [5, 5.41) is 0. The number of alkyl halides is 2. The number of thiophene rings is 1. The van der Waals surface area contributed by atoms with Crippen molar-refractivity contribution >= 4 is 28.3 Å². The quantitative estimate of drug-likeness (QED) is 0.710. The first-order valence-corrected chi connectivity index (χ1v) is 8.82. The average Bonchev–Trinajstić information content (AvgIpc) is 3.09. The molecule has 4 heterocycles. The van der Waals surface area contributed by atoms with Crippen LogP contribution in [0.1, 0.15) is 10.4 Å². The summed E-state index contributed by atoms with van der Waals surface area (Å²) in [7, 11) is 0. The number of aromatic nitrogens is 2. The minimum atomic E-state index is -2.74. The van der Waals surface area contributed by atoms with Gasteiger partial charge >= 0.3 is 0 Å². The number of likely N-dealkylation sites (tertiary alicyclic amines) is 1. The number of halogens is 2. The highest BCUT2D eigenvalue weighted by molar-refractivity contribution is 7.15. The van der Waals surface area contributed by atoms with E-state index in [1.807, 2.05) is 25.4 Å². The second-order valence-corrected chi connectivity index (χ2v) is 7.84. The van der Waals surface area contributed by atoms with Crippen LogP contribution in [0.4, 0.5) is 8.78 Å². The summed E-state index contributed by atoms with van der Waals surface area (Å²) >= 11 is 1.69. The van der Waals surface area contributed by atoms with E-state index in [-0.39, 0.29) is 12.5 Å². The highest BCUT2D eigenvalue weighted by atomic mass is 32.1. The smallest absolute Gasteiger partial charge is 0.282 e. The van der Waals surface area contributed by atoms with Crippen molar-refractivity contribution in [2.24, 2.45) is 0 Å². The van der Waals surface area contributed by atoms with Crippen molar-refractivity contribution in [3.8, 4) is 10.4 Å². The van der Waals surface area contributed by atoms with Gasteiger partial charge in [0.15, 0.2) is 0 Å². The molecule has 25 heavy (non-hydrogen) atoms. The Morgan fingerprint density at radius 2 is 2.08 bits per heavy atom. The predicted octanol–water partition coefficient (Wildman–Crippen LogP) is 3.86. The SMILES string of the molecule is Cc1ccc(-c2cnc3c(C)cn(CC(=O)N4CC(F)(F)C4)c3c2)s1. The van der Waals surface area contributed by atoms with E-state index in [0.717, 1.165) is 27.0 Å². The summed E-state index contributed by atoms with van der Waals surface area (Å²) in [6.07, 6.45) is 3.69. The van der Waals surface area contributed by atoms with Gasteiger partial charge in [0.1, 0.15) is 6.54 Å². The molecule has 0 N–H and O–H groups in total. The molecule has 0 saturated carbocycles. The highest BCUT2D eigenvalue weighted by Crippen LogP contribution is 2.31. The summed E-state index contributed by atoms with van der Waals surface area (Å²) in [5.41, 5.74) is 3.64. The van der Waals surface area contributed by atoms with Crippen LogP contribution in [0.5, 0.6) is 0 Å². The molecular weight excluding hydrogens is 344 g/mol. The lowest BCUT2D eigenvalue weighted by molar-refractivity contribution is -0.166. The van der Waals surface area contributed by atoms with Gasteiger partial charge in [-0.05, 0) is 37.6 Å². The zero-order valence-corrected chi connectivity index (χ0v) is 14.7. The Morgan fingerprint density at radius 3 is 2.72 bits per heavy atom. The molecule has 130 valence electrons. The fourth-order valence-electron chi connectivity index (χ4n) is 3.13. The van der Waals surface area contributed by atoms with Crippen LogP contribution in [0, 0.1) is 13.8 Å². The molecule has 0 spiro atoms. The van der Waals surface area contributed by atoms with E-state index in [2.05, 4.69) is 24.0 Å². The molecule has 4 rings (SSSR count). The molecule has 3 aromatic rings. The normalized spacial score (nSPS) is 16.2. The standard InChI is InChI=1S/C18H17F2N3OS/c1-11-7-22(8-16(24)23-9-18(19,20)10-23)14-5-13(6-21-17(11)14)15-4-3-12(2)25-15/h3-7H,8-10H2,1-2H3. The van der Waals surface area contributed by atoms with E-state index in [0.29, 0.717) is 0 Å². The van der Waals surface area contributed by atoms with Crippen LogP contribution in [-0.4, -0.2) is 39.4 Å². The van der Waals surface area contributed by atoms with Gasteiger partial charge in [-0.2, -0.15) is 0 Å². The van der Waals surface area contributed by atoms with Crippen LogP contribution >= 0.6 is 11.3 Å².